The first-order valence-electron chi connectivity index (χ1n) is 17.5. The van der Waals surface area contributed by atoms with Crippen LogP contribution in [0.4, 0.5) is 0 Å². The SMILES string of the molecule is Cc1cnc(-c2[c-]cc(C)c(-c3ccccc3)c2)cc1C.[Ir].[c-]1cc2c3c(c1-c1cc4ccccc4cn1)Oc1ccccc1B3c1ccccc1O2. The van der Waals surface area contributed by atoms with E-state index in [0.717, 1.165) is 72.7 Å². The van der Waals surface area contributed by atoms with Crippen LogP contribution in [0.1, 0.15) is 16.7 Å². The van der Waals surface area contributed by atoms with Crippen molar-refractivity contribution in [2.45, 2.75) is 20.8 Å². The number of aromatic nitrogens is 2. The number of para-hydroxylation sites is 2. The molecule has 0 saturated heterocycles. The smallest absolute Gasteiger partial charge is 0.239 e. The van der Waals surface area contributed by atoms with Crippen molar-refractivity contribution in [2.75, 3.05) is 0 Å². The molecule has 0 fully saturated rings. The Labute approximate surface area is 324 Å². The van der Waals surface area contributed by atoms with Crippen molar-refractivity contribution in [1.82, 2.24) is 9.97 Å². The largest absolute Gasteiger partial charge is 0.503 e. The molecule has 4 heterocycles. The fourth-order valence-electron chi connectivity index (χ4n) is 7.14. The summed E-state index contributed by atoms with van der Waals surface area (Å²) in [7, 11) is 0. The van der Waals surface area contributed by atoms with Gasteiger partial charge in [0.25, 0.3) is 0 Å². The fourth-order valence-corrected chi connectivity index (χ4v) is 7.14. The molecule has 6 heteroatoms. The third-order valence-corrected chi connectivity index (χ3v) is 10.0. The van der Waals surface area contributed by atoms with Gasteiger partial charge in [-0.3, -0.25) is 0 Å². The van der Waals surface area contributed by atoms with Gasteiger partial charge in [0.05, 0.1) is 0 Å². The molecule has 1 radical (unpaired) electrons. The van der Waals surface area contributed by atoms with Crippen molar-refractivity contribution in [3.63, 3.8) is 0 Å². The van der Waals surface area contributed by atoms with Gasteiger partial charge >= 0.3 is 0 Å². The maximum absolute atomic E-state index is 6.49. The van der Waals surface area contributed by atoms with Gasteiger partial charge in [0.1, 0.15) is 11.5 Å². The van der Waals surface area contributed by atoms with E-state index < -0.39 is 0 Å². The van der Waals surface area contributed by atoms with Crippen molar-refractivity contribution in [1.29, 1.82) is 0 Å². The van der Waals surface area contributed by atoms with Crippen LogP contribution in [0.3, 0.4) is 0 Å². The third kappa shape index (κ3) is 6.35. The molecule has 6 aromatic carbocycles. The van der Waals surface area contributed by atoms with Gasteiger partial charge in [-0.1, -0.05) is 132 Å². The van der Waals surface area contributed by atoms with Gasteiger partial charge in [0.15, 0.2) is 0 Å². The summed E-state index contributed by atoms with van der Waals surface area (Å²) < 4.78 is 12.8. The Balaban J connectivity index is 0.000000160. The quantitative estimate of drug-likeness (QED) is 0.131. The van der Waals surface area contributed by atoms with Crippen molar-refractivity contribution < 1.29 is 29.6 Å². The third-order valence-electron chi connectivity index (χ3n) is 10.0. The number of hydrogen-bond donors (Lipinski definition) is 0. The molecule has 0 N–H and O–H groups in total. The van der Waals surface area contributed by atoms with Gasteiger partial charge in [0.2, 0.25) is 6.71 Å². The van der Waals surface area contributed by atoms with E-state index in [0.29, 0.717) is 0 Å². The molecule has 53 heavy (non-hydrogen) atoms. The Morgan fingerprint density at radius 2 is 1.21 bits per heavy atom. The molecular weight excluding hydrogens is 828 g/mol. The van der Waals surface area contributed by atoms with Crippen LogP contribution >= 0.6 is 0 Å². The molecule has 0 amide bonds. The van der Waals surface area contributed by atoms with Crippen LogP contribution in [-0.2, 0) is 20.1 Å². The molecule has 0 atom stereocenters. The number of pyridine rings is 2. The monoisotopic (exact) mass is 861 g/mol. The molecule has 0 aliphatic carbocycles. The molecule has 257 valence electrons. The summed E-state index contributed by atoms with van der Waals surface area (Å²) in [5.74, 6) is 3.31. The Hall–Kier alpha value is -5.81. The minimum absolute atomic E-state index is 0. The Morgan fingerprint density at radius 1 is 0.547 bits per heavy atom. The van der Waals surface area contributed by atoms with E-state index in [2.05, 4.69) is 123 Å². The Morgan fingerprint density at radius 3 is 1.96 bits per heavy atom. The summed E-state index contributed by atoms with van der Waals surface area (Å²) >= 11 is 0. The minimum Gasteiger partial charge on any atom is -0.503 e. The number of benzene rings is 6. The van der Waals surface area contributed by atoms with Gasteiger partial charge in [0, 0.05) is 44.0 Å². The molecule has 8 aromatic rings. The second-order valence-electron chi connectivity index (χ2n) is 13.4. The van der Waals surface area contributed by atoms with E-state index in [4.69, 9.17) is 14.5 Å². The molecule has 0 bridgehead atoms. The standard InChI is InChI=1S/C27H15BNO2.C20H18N.Ir/c1-2-8-18-16-29-22(15-17(18)7-1)19-13-14-25-26-27(19)31-24-12-6-4-10-21(24)28(26)20-9-3-5-11-23(20)30-25;1-14-9-10-18(20-11-15(2)16(3)13-21-20)12-19(14)17-7-5-4-6-8-17;/h1-12,14-16H;4-9,11-13H,1-3H3;/q2*-1;. The van der Waals surface area contributed by atoms with E-state index >= 15 is 0 Å². The number of nitrogens with zero attached hydrogens (tertiary/aromatic N) is 2. The van der Waals surface area contributed by atoms with Crippen LogP contribution in [0.2, 0.25) is 0 Å². The summed E-state index contributed by atoms with van der Waals surface area (Å²) in [5.41, 5.74) is 13.2. The van der Waals surface area contributed by atoms with Crippen molar-refractivity contribution in [3.05, 3.63) is 175 Å². The second kappa shape index (κ2) is 14.3. The van der Waals surface area contributed by atoms with Gasteiger partial charge in [-0.15, -0.1) is 41.5 Å². The van der Waals surface area contributed by atoms with Crippen LogP contribution in [0, 0.1) is 32.9 Å². The number of ether oxygens (including phenoxy) is 2. The molecule has 0 spiro atoms. The predicted molar refractivity (Wildman–Crippen MR) is 212 cm³/mol. The Kier molecular flexibility index (Phi) is 9.26. The van der Waals surface area contributed by atoms with Crippen LogP contribution < -0.4 is 25.9 Å². The summed E-state index contributed by atoms with van der Waals surface area (Å²) in [4.78, 5) is 9.27. The van der Waals surface area contributed by atoms with E-state index in [1.807, 2.05) is 60.9 Å². The van der Waals surface area contributed by atoms with E-state index in [1.54, 1.807) is 0 Å². The van der Waals surface area contributed by atoms with Crippen LogP contribution in [-0.4, -0.2) is 16.7 Å². The topological polar surface area (TPSA) is 44.2 Å². The number of rotatable bonds is 3. The first kappa shape index (κ1) is 34.3. The zero-order valence-electron chi connectivity index (χ0n) is 29.5. The fraction of sp³-hybridized carbons (Fsp3) is 0.0638. The summed E-state index contributed by atoms with van der Waals surface area (Å²) in [6, 6.07) is 52.3. The molecular formula is C47H33BIrN2O2-2. The summed E-state index contributed by atoms with van der Waals surface area (Å²) in [6.45, 7) is 6.37. The van der Waals surface area contributed by atoms with E-state index in [9.17, 15) is 0 Å². The van der Waals surface area contributed by atoms with Gasteiger partial charge < -0.3 is 19.4 Å². The second-order valence-corrected chi connectivity index (χ2v) is 13.4. The van der Waals surface area contributed by atoms with Gasteiger partial charge in [-0.2, -0.15) is 0 Å². The van der Waals surface area contributed by atoms with E-state index in [1.165, 1.54) is 27.8 Å². The maximum Gasteiger partial charge on any atom is 0.239 e. The van der Waals surface area contributed by atoms with Crippen molar-refractivity contribution >= 4 is 33.9 Å². The van der Waals surface area contributed by atoms with Crippen LogP contribution in [0.25, 0.3) is 44.4 Å². The summed E-state index contributed by atoms with van der Waals surface area (Å²) in [6.07, 6.45) is 3.84. The van der Waals surface area contributed by atoms with Gasteiger partial charge in [-0.05, 0) is 70.2 Å². The number of aryl methyl sites for hydroxylation is 3. The predicted octanol–water partition coefficient (Wildman–Crippen LogP) is 9.57. The van der Waals surface area contributed by atoms with Crippen molar-refractivity contribution in [3.8, 4) is 56.6 Å². The van der Waals surface area contributed by atoms with Crippen molar-refractivity contribution in [2.24, 2.45) is 0 Å². The van der Waals surface area contributed by atoms with E-state index in [-0.39, 0.29) is 26.8 Å². The first-order chi connectivity index (χ1) is 25.5. The summed E-state index contributed by atoms with van der Waals surface area (Å²) in [5, 5.41) is 2.25. The Bertz CT molecular complexity index is 2630. The average molecular weight is 861 g/mol. The number of hydrogen-bond acceptors (Lipinski definition) is 4. The average Bonchev–Trinajstić information content (AvgIpc) is 3.19. The molecule has 2 aliphatic rings. The van der Waals surface area contributed by atoms with Crippen LogP contribution in [0.15, 0.2) is 146 Å². The first-order valence-corrected chi connectivity index (χ1v) is 17.5. The normalized spacial score (nSPS) is 11.8. The molecule has 2 aliphatic heterocycles. The molecule has 2 aromatic heterocycles. The zero-order valence-corrected chi connectivity index (χ0v) is 31.9. The molecule has 4 nitrogen and oxygen atoms in total. The minimum atomic E-state index is 0. The van der Waals surface area contributed by atoms with Crippen LogP contribution in [0.5, 0.6) is 23.0 Å². The van der Waals surface area contributed by atoms with Gasteiger partial charge in [-0.25, -0.2) is 0 Å². The number of fused-ring (bicyclic) bond motifs is 5. The molecule has 10 rings (SSSR count). The maximum atomic E-state index is 6.49. The molecule has 0 saturated carbocycles. The molecule has 0 unspecified atom stereocenters. The zero-order chi connectivity index (χ0) is 35.2.